The van der Waals surface area contributed by atoms with Crippen molar-refractivity contribution in [3.8, 4) is 0 Å². The lowest BCUT2D eigenvalue weighted by Crippen LogP contribution is -2.45. The van der Waals surface area contributed by atoms with Crippen molar-refractivity contribution in [2.45, 2.75) is 0 Å². The Labute approximate surface area is 118 Å². The number of aromatic nitrogens is 2. The zero-order chi connectivity index (χ0) is 13.5. The molecule has 3 aromatic rings. The number of para-hydroxylation sites is 2. The minimum atomic E-state index is 1.04. The Morgan fingerprint density at radius 3 is 2.50 bits per heavy atom. The molecule has 3 heterocycles. The fourth-order valence-electron chi connectivity index (χ4n) is 2.96. The summed E-state index contributed by atoms with van der Waals surface area (Å²) >= 11 is 0. The molecule has 4 nitrogen and oxygen atoms in total. The number of hydrogen-bond donors (Lipinski definition) is 0. The first-order valence-corrected chi connectivity index (χ1v) is 7.12. The smallest absolute Gasteiger partial charge is 0.153 e. The normalized spacial score (nSPS) is 17.1. The van der Waals surface area contributed by atoms with Gasteiger partial charge in [0, 0.05) is 32.4 Å². The molecular weight excluding hydrogens is 248 g/mol. The number of fused-ring (bicyclic) bond motifs is 3. The molecule has 2 aromatic heterocycles. The largest absolute Gasteiger partial charge is 0.352 e. The number of benzene rings is 1. The lowest BCUT2D eigenvalue weighted by molar-refractivity contribution is 0.312. The van der Waals surface area contributed by atoms with E-state index in [1.807, 2.05) is 0 Å². The molecule has 0 aliphatic carbocycles. The molecule has 0 amide bonds. The van der Waals surface area contributed by atoms with Crippen LogP contribution in [0.2, 0.25) is 0 Å². The van der Waals surface area contributed by atoms with Crippen LogP contribution < -0.4 is 4.90 Å². The highest BCUT2D eigenvalue weighted by Crippen LogP contribution is 2.25. The number of piperazine rings is 1. The van der Waals surface area contributed by atoms with Gasteiger partial charge in [-0.05, 0) is 31.3 Å². The molecule has 4 rings (SSSR count). The maximum Gasteiger partial charge on any atom is 0.153 e. The van der Waals surface area contributed by atoms with E-state index in [1.165, 1.54) is 11.0 Å². The molecule has 0 saturated carbocycles. The summed E-state index contributed by atoms with van der Waals surface area (Å²) in [5.41, 5.74) is 3.43. The third-order valence-electron chi connectivity index (χ3n) is 4.15. The van der Waals surface area contributed by atoms with Crippen molar-refractivity contribution in [2.75, 3.05) is 38.1 Å². The van der Waals surface area contributed by atoms with Gasteiger partial charge in [0.05, 0.1) is 16.6 Å². The minimum absolute atomic E-state index is 1.04. The van der Waals surface area contributed by atoms with E-state index in [0.29, 0.717) is 0 Å². The van der Waals surface area contributed by atoms with Crippen LogP contribution in [0.15, 0.2) is 42.6 Å². The lowest BCUT2D eigenvalue weighted by atomic mass is 10.2. The SMILES string of the molecule is CN1CCN(c2nc3ccccc3n3cccc23)CC1. The van der Waals surface area contributed by atoms with E-state index < -0.39 is 0 Å². The van der Waals surface area contributed by atoms with Crippen LogP contribution in [0.5, 0.6) is 0 Å². The minimum Gasteiger partial charge on any atom is -0.352 e. The van der Waals surface area contributed by atoms with Crippen molar-refractivity contribution in [1.29, 1.82) is 0 Å². The predicted molar refractivity (Wildman–Crippen MR) is 82.4 cm³/mol. The van der Waals surface area contributed by atoms with Crippen LogP contribution in [-0.4, -0.2) is 47.5 Å². The molecule has 102 valence electrons. The van der Waals surface area contributed by atoms with Crippen LogP contribution in [0, 0.1) is 0 Å². The standard InChI is InChI=1S/C16H18N4/c1-18-9-11-19(12-10-18)16-15-7-4-8-20(15)14-6-3-2-5-13(14)17-16/h2-8H,9-12H2,1H3. The van der Waals surface area contributed by atoms with Gasteiger partial charge in [-0.1, -0.05) is 12.1 Å². The zero-order valence-corrected chi connectivity index (χ0v) is 11.7. The van der Waals surface area contributed by atoms with Crippen molar-refractivity contribution >= 4 is 22.4 Å². The maximum absolute atomic E-state index is 4.91. The second-order valence-electron chi connectivity index (χ2n) is 5.48. The molecule has 0 bridgehead atoms. The first kappa shape index (κ1) is 11.7. The molecular formula is C16H18N4. The first-order valence-electron chi connectivity index (χ1n) is 7.12. The van der Waals surface area contributed by atoms with Gasteiger partial charge in [0.15, 0.2) is 5.82 Å². The number of rotatable bonds is 1. The summed E-state index contributed by atoms with van der Waals surface area (Å²) in [6.07, 6.45) is 2.12. The summed E-state index contributed by atoms with van der Waals surface area (Å²) in [6, 6.07) is 12.6. The van der Waals surface area contributed by atoms with Crippen molar-refractivity contribution in [2.24, 2.45) is 0 Å². The average Bonchev–Trinajstić information content (AvgIpc) is 2.97. The highest BCUT2D eigenvalue weighted by atomic mass is 15.3. The van der Waals surface area contributed by atoms with E-state index >= 15 is 0 Å². The monoisotopic (exact) mass is 266 g/mol. The van der Waals surface area contributed by atoms with Crippen LogP contribution in [0.4, 0.5) is 5.82 Å². The third kappa shape index (κ3) is 1.76. The molecule has 0 radical (unpaired) electrons. The van der Waals surface area contributed by atoms with Crippen molar-refractivity contribution < 1.29 is 0 Å². The highest BCUT2D eigenvalue weighted by Gasteiger charge is 2.18. The number of hydrogen-bond acceptors (Lipinski definition) is 3. The van der Waals surface area contributed by atoms with Gasteiger partial charge >= 0.3 is 0 Å². The second-order valence-corrected chi connectivity index (χ2v) is 5.48. The fraction of sp³-hybridized carbons (Fsp3) is 0.312. The van der Waals surface area contributed by atoms with Crippen molar-refractivity contribution in [3.63, 3.8) is 0 Å². The average molecular weight is 266 g/mol. The molecule has 1 fully saturated rings. The van der Waals surface area contributed by atoms with Gasteiger partial charge in [0.1, 0.15) is 0 Å². The van der Waals surface area contributed by atoms with E-state index in [1.54, 1.807) is 0 Å². The summed E-state index contributed by atoms with van der Waals surface area (Å²) in [5.74, 6) is 1.11. The van der Waals surface area contributed by atoms with Crippen LogP contribution in [-0.2, 0) is 0 Å². The second kappa shape index (κ2) is 4.49. The van der Waals surface area contributed by atoms with E-state index in [0.717, 1.165) is 37.5 Å². The van der Waals surface area contributed by atoms with Crippen molar-refractivity contribution in [3.05, 3.63) is 42.6 Å². The number of anilines is 1. The van der Waals surface area contributed by atoms with E-state index in [4.69, 9.17) is 4.98 Å². The Kier molecular flexibility index (Phi) is 2.63. The Balaban J connectivity index is 1.90. The lowest BCUT2D eigenvalue weighted by Gasteiger charge is -2.33. The van der Waals surface area contributed by atoms with Crippen molar-refractivity contribution in [1.82, 2.24) is 14.3 Å². The molecule has 4 heteroatoms. The van der Waals surface area contributed by atoms with E-state index in [-0.39, 0.29) is 0 Å². The number of nitrogens with zero attached hydrogens (tertiary/aromatic N) is 4. The summed E-state index contributed by atoms with van der Waals surface area (Å²) in [4.78, 5) is 9.68. The maximum atomic E-state index is 4.91. The van der Waals surface area contributed by atoms with Gasteiger partial charge in [0.2, 0.25) is 0 Å². The first-order chi connectivity index (χ1) is 9.83. The quantitative estimate of drug-likeness (QED) is 0.675. The molecule has 20 heavy (non-hydrogen) atoms. The third-order valence-corrected chi connectivity index (χ3v) is 4.15. The molecule has 0 atom stereocenters. The molecule has 0 unspecified atom stereocenters. The highest BCUT2D eigenvalue weighted by molar-refractivity contribution is 5.85. The Bertz CT molecular complexity index is 753. The Morgan fingerprint density at radius 2 is 1.65 bits per heavy atom. The molecule has 1 aliphatic rings. The van der Waals surface area contributed by atoms with Gasteiger partial charge in [0.25, 0.3) is 0 Å². The molecule has 0 N–H and O–H groups in total. The van der Waals surface area contributed by atoms with Gasteiger partial charge in [-0.15, -0.1) is 0 Å². The van der Waals surface area contributed by atoms with Gasteiger partial charge < -0.3 is 14.2 Å². The summed E-state index contributed by atoms with van der Waals surface area (Å²) < 4.78 is 2.25. The zero-order valence-electron chi connectivity index (χ0n) is 11.7. The Morgan fingerprint density at radius 1 is 0.900 bits per heavy atom. The number of likely N-dealkylation sites (N-methyl/N-ethyl adjacent to an activating group) is 1. The molecule has 1 aromatic carbocycles. The van der Waals surface area contributed by atoms with Crippen LogP contribution in [0.1, 0.15) is 0 Å². The van der Waals surface area contributed by atoms with Gasteiger partial charge in [-0.2, -0.15) is 0 Å². The van der Waals surface area contributed by atoms with Crippen LogP contribution in [0.25, 0.3) is 16.6 Å². The van der Waals surface area contributed by atoms with Crippen LogP contribution in [0.3, 0.4) is 0 Å². The molecule has 0 spiro atoms. The van der Waals surface area contributed by atoms with Gasteiger partial charge in [-0.3, -0.25) is 0 Å². The summed E-state index contributed by atoms with van der Waals surface area (Å²) in [6.45, 7) is 4.29. The summed E-state index contributed by atoms with van der Waals surface area (Å²) in [5, 5.41) is 0. The van der Waals surface area contributed by atoms with Gasteiger partial charge in [-0.25, -0.2) is 4.98 Å². The molecule has 1 saturated heterocycles. The topological polar surface area (TPSA) is 23.8 Å². The van der Waals surface area contributed by atoms with E-state index in [2.05, 4.69) is 63.8 Å². The Hall–Kier alpha value is -2.07. The molecule has 1 aliphatic heterocycles. The summed E-state index contributed by atoms with van der Waals surface area (Å²) in [7, 11) is 2.18. The van der Waals surface area contributed by atoms with Crippen LogP contribution >= 0.6 is 0 Å². The fourth-order valence-corrected chi connectivity index (χ4v) is 2.96. The van der Waals surface area contributed by atoms with E-state index in [9.17, 15) is 0 Å². The predicted octanol–water partition coefficient (Wildman–Crippen LogP) is 2.24.